The van der Waals surface area contributed by atoms with Crippen LogP contribution in [0.1, 0.15) is 29.9 Å². The molecule has 0 spiro atoms. The molecule has 1 atom stereocenters. The molecule has 0 bridgehead atoms. The Labute approximate surface area is 128 Å². The summed E-state index contributed by atoms with van der Waals surface area (Å²) >= 11 is 2.92. The highest BCUT2D eigenvalue weighted by Gasteiger charge is 2.33. The summed E-state index contributed by atoms with van der Waals surface area (Å²) in [5, 5.41) is 3.02. The normalized spacial score (nSPS) is 13.0. The minimum absolute atomic E-state index is 0.0175. The number of rotatable bonds is 3. The second-order valence-corrected chi connectivity index (χ2v) is 5.44. The van der Waals surface area contributed by atoms with E-state index in [9.17, 15) is 13.2 Å². The first-order chi connectivity index (χ1) is 9.79. The van der Waals surface area contributed by atoms with E-state index in [1.165, 1.54) is 6.07 Å². The summed E-state index contributed by atoms with van der Waals surface area (Å²) in [6, 6.07) is 3.79. The van der Waals surface area contributed by atoms with E-state index in [0.29, 0.717) is 11.4 Å². The van der Waals surface area contributed by atoms with Gasteiger partial charge in [0.05, 0.1) is 23.0 Å². The topological polar surface area (TPSA) is 37.8 Å². The maximum atomic E-state index is 12.9. The van der Waals surface area contributed by atoms with Crippen molar-refractivity contribution in [3.8, 4) is 0 Å². The van der Waals surface area contributed by atoms with Crippen molar-refractivity contribution in [2.75, 3.05) is 5.32 Å². The number of benzene rings is 1. The van der Waals surface area contributed by atoms with E-state index in [2.05, 4.69) is 31.2 Å². The quantitative estimate of drug-likeness (QED) is 0.859. The molecule has 21 heavy (non-hydrogen) atoms. The Balaban J connectivity index is 2.26. The van der Waals surface area contributed by atoms with Crippen molar-refractivity contribution in [1.29, 1.82) is 0 Å². The first-order valence-electron chi connectivity index (χ1n) is 6.20. The Morgan fingerprint density at radius 1 is 1.19 bits per heavy atom. The minimum atomic E-state index is -4.40. The second kappa shape index (κ2) is 6.01. The van der Waals surface area contributed by atoms with Crippen LogP contribution in [0, 0.1) is 6.92 Å². The van der Waals surface area contributed by atoms with Gasteiger partial charge >= 0.3 is 6.18 Å². The summed E-state index contributed by atoms with van der Waals surface area (Å²) in [4.78, 5) is 8.33. The summed E-state index contributed by atoms with van der Waals surface area (Å²) in [6.07, 6.45) is -1.27. The van der Waals surface area contributed by atoms with E-state index in [4.69, 9.17) is 0 Å². The van der Waals surface area contributed by atoms with Crippen LogP contribution < -0.4 is 5.32 Å². The molecular weight excluding hydrogens is 347 g/mol. The zero-order valence-corrected chi connectivity index (χ0v) is 13.0. The molecule has 0 aliphatic carbocycles. The third-order valence-corrected chi connectivity index (χ3v) is 3.68. The van der Waals surface area contributed by atoms with E-state index in [0.717, 1.165) is 11.8 Å². The van der Waals surface area contributed by atoms with Crippen LogP contribution in [0.25, 0.3) is 0 Å². The number of alkyl halides is 3. The van der Waals surface area contributed by atoms with Crippen LogP contribution in [0.4, 0.5) is 18.9 Å². The van der Waals surface area contributed by atoms with Gasteiger partial charge < -0.3 is 5.32 Å². The molecule has 112 valence electrons. The fourth-order valence-corrected chi connectivity index (χ4v) is 2.47. The molecule has 2 aromatic rings. The first kappa shape index (κ1) is 15.8. The Hall–Kier alpha value is -1.63. The number of hydrogen-bond donors (Lipinski definition) is 1. The zero-order valence-electron chi connectivity index (χ0n) is 11.4. The smallest absolute Gasteiger partial charge is 0.377 e. The van der Waals surface area contributed by atoms with Crippen molar-refractivity contribution in [3.63, 3.8) is 0 Å². The molecule has 1 aromatic heterocycles. The highest BCUT2D eigenvalue weighted by molar-refractivity contribution is 9.10. The van der Waals surface area contributed by atoms with E-state index < -0.39 is 11.7 Å². The van der Waals surface area contributed by atoms with Crippen molar-refractivity contribution in [3.05, 3.63) is 52.0 Å². The lowest BCUT2D eigenvalue weighted by atomic mass is 10.1. The van der Waals surface area contributed by atoms with Crippen LogP contribution in [0.5, 0.6) is 0 Å². The third kappa shape index (κ3) is 3.72. The SMILES string of the molecule is Cc1nccnc1C(C)Nc1ccc(Br)c(C(F)(F)F)c1. The molecule has 1 heterocycles. The Kier molecular flexibility index (Phi) is 4.51. The number of aryl methyl sites for hydroxylation is 1. The maximum absolute atomic E-state index is 12.9. The van der Waals surface area contributed by atoms with Crippen LogP contribution in [-0.2, 0) is 6.18 Å². The van der Waals surface area contributed by atoms with Gasteiger partial charge in [-0.2, -0.15) is 13.2 Å². The predicted molar refractivity (Wildman–Crippen MR) is 78.0 cm³/mol. The molecule has 0 saturated heterocycles. The number of anilines is 1. The fourth-order valence-electron chi connectivity index (χ4n) is 1.99. The highest BCUT2D eigenvalue weighted by Crippen LogP contribution is 2.36. The molecule has 1 aromatic carbocycles. The van der Waals surface area contributed by atoms with Crippen molar-refractivity contribution in [2.24, 2.45) is 0 Å². The van der Waals surface area contributed by atoms with E-state index in [1.807, 2.05) is 13.8 Å². The summed E-state index contributed by atoms with van der Waals surface area (Å²) in [5.74, 6) is 0. The van der Waals surface area contributed by atoms with Gasteiger partial charge in [0, 0.05) is 22.6 Å². The molecule has 0 aliphatic heterocycles. The van der Waals surface area contributed by atoms with Crippen LogP contribution in [0.2, 0.25) is 0 Å². The fraction of sp³-hybridized carbons (Fsp3) is 0.286. The van der Waals surface area contributed by atoms with Gasteiger partial charge in [0.1, 0.15) is 0 Å². The van der Waals surface area contributed by atoms with Gasteiger partial charge in [0.2, 0.25) is 0 Å². The van der Waals surface area contributed by atoms with Crippen LogP contribution >= 0.6 is 15.9 Å². The molecule has 0 fully saturated rings. The van der Waals surface area contributed by atoms with Crippen molar-refractivity contribution in [1.82, 2.24) is 9.97 Å². The number of nitrogens with zero attached hydrogens (tertiary/aromatic N) is 2. The molecule has 2 rings (SSSR count). The first-order valence-corrected chi connectivity index (χ1v) is 6.99. The average Bonchev–Trinajstić information content (AvgIpc) is 2.40. The lowest BCUT2D eigenvalue weighted by molar-refractivity contribution is -0.138. The van der Waals surface area contributed by atoms with Gasteiger partial charge in [0.15, 0.2) is 0 Å². The Morgan fingerprint density at radius 2 is 1.86 bits per heavy atom. The Bertz CT molecular complexity index is 644. The van der Waals surface area contributed by atoms with Gasteiger partial charge in [-0.25, -0.2) is 0 Å². The summed E-state index contributed by atoms with van der Waals surface area (Å²) in [7, 11) is 0. The summed E-state index contributed by atoms with van der Waals surface area (Å²) < 4.78 is 38.6. The monoisotopic (exact) mass is 359 g/mol. The van der Waals surface area contributed by atoms with E-state index in [-0.39, 0.29) is 10.5 Å². The van der Waals surface area contributed by atoms with Crippen LogP contribution in [0.3, 0.4) is 0 Å². The van der Waals surface area contributed by atoms with Crippen LogP contribution in [0.15, 0.2) is 35.1 Å². The standard InChI is InChI=1S/C14H13BrF3N3/c1-8-13(20-6-5-19-8)9(2)21-10-3-4-12(15)11(7-10)14(16,17)18/h3-7,9,21H,1-2H3. The molecule has 0 aliphatic rings. The second-order valence-electron chi connectivity index (χ2n) is 4.59. The summed E-state index contributed by atoms with van der Waals surface area (Å²) in [5.41, 5.74) is 1.11. The van der Waals surface area contributed by atoms with Gasteiger partial charge in [0.25, 0.3) is 0 Å². The van der Waals surface area contributed by atoms with Gasteiger partial charge in [-0.1, -0.05) is 15.9 Å². The molecule has 3 nitrogen and oxygen atoms in total. The minimum Gasteiger partial charge on any atom is -0.377 e. The number of aromatic nitrogens is 2. The molecule has 0 saturated carbocycles. The molecule has 1 N–H and O–H groups in total. The number of nitrogens with one attached hydrogen (secondary N) is 1. The lowest BCUT2D eigenvalue weighted by Gasteiger charge is -2.18. The largest absolute Gasteiger partial charge is 0.417 e. The van der Waals surface area contributed by atoms with E-state index in [1.54, 1.807) is 18.5 Å². The van der Waals surface area contributed by atoms with Gasteiger partial charge in [-0.3, -0.25) is 9.97 Å². The molecule has 7 heteroatoms. The molecular formula is C14H13BrF3N3. The molecule has 0 amide bonds. The molecule has 1 unspecified atom stereocenters. The third-order valence-electron chi connectivity index (χ3n) is 2.98. The Morgan fingerprint density at radius 3 is 2.48 bits per heavy atom. The number of hydrogen-bond acceptors (Lipinski definition) is 3. The van der Waals surface area contributed by atoms with Crippen LogP contribution in [-0.4, -0.2) is 9.97 Å². The van der Waals surface area contributed by atoms with Crippen molar-refractivity contribution >= 4 is 21.6 Å². The highest BCUT2D eigenvalue weighted by atomic mass is 79.9. The molecule has 0 radical (unpaired) electrons. The lowest BCUT2D eigenvalue weighted by Crippen LogP contribution is -2.12. The number of halogens is 4. The van der Waals surface area contributed by atoms with Gasteiger partial charge in [-0.05, 0) is 32.0 Å². The average molecular weight is 360 g/mol. The van der Waals surface area contributed by atoms with Crippen molar-refractivity contribution in [2.45, 2.75) is 26.1 Å². The summed E-state index contributed by atoms with van der Waals surface area (Å²) in [6.45, 7) is 3.63. The zero-order chi connectivity index (χ0) is 15.6. The van der Waals surface area contributed by atoms with Crippen molar-refractivity contribution < 1.29 is 13.2 Å². The predicted octanol–water partition coefficient (Wildman–Crippen LogP) is 4.74. The van der Waals surface area contributed by atoms with E-state index >= 15 is 0 Å². The maximum Gasteiger partial charge on any atom is 0.417 e. The van der Waals surface area contributed by atoms with Gasteiger partial charge in [-0.15, -0.1) is 0 Å².